The molecular formula is C23H27BN2O5. The van der Waals surface area contributed by atoms with E-state index in [0.717, 1.165) is 21.8 Å². The summed E-state index contributed by atoms with van der Waals surface area (Å²) in [5.74, 6) is 0. The van der Waals surface area contributed by atoms with E-state index in [1.807, 2.05) is 52.0 Å². The Labute approximate surface area is 181 Å². The molecular weight excluding hydrogens is 395 g/mol. The normalized spacial score (nSPS) is 25.4. The highest BCUT2D eigenvalue weighted by Gasteiger charge is 2.52. The van der Waals surface area contributed by atoms with Gasteiger partial charge in [-0.2, -0.15) is 0 Å². The molecule has 1 N–H and O–H groups in total. The fraction of sp³-hybridized carbons (Fsp3) is 0.478. The lowest BCUT2D eigenvalue weighted by molar-refractivity contribution is -0.0392. The number of aromatic nitrogens is 2. The molecule has 2 atom stereocenters. The summed E-state index contributed by atoms with van der Waals surface area (Å²) in [6.07, 6.45) is 3.35. The van der Waals surface area contributed by atoms with E-state index in [1.165, 1.54) is 0 Å². The first-order valence-corrected chi connectivity index (χ1v) is 10.7. The Balaban J connectivity index is 1.72. The van der Waals surface area contributed by atoms with Gasteiger partial charge in [0.15, 0.2) is 0 Å². The Hall–Kier alpha value is -2.26. The second-order valence-electron chi connectivity index (χ2n) is 9.44. The van der Waals surface area contributed by atoms with Gasteiger partial charge < -0.3 is 23.7 Å². The van der Waals surface area contributed by atoms with Crippen molar-refractivity contribution in [1.29, 1.82) is 0 Å². The molecule has 2 aromatic heterocycles. The number of pyridine rings is 2. The summed E-state index contributed by atoms with van der Waals surface area (Å²) >= 11 is 0. The molecule has 2 aliphatic heterocycles. The van der Waals surface area contributed by atoms with Crippen LogP contribution in [-0.4, -0.2) is 52.3 Å². The van der Waals surface area contributed by atoms with Gasteiger partial charge in [0.05, 0.1) is 35.5 Å². The maximum atomic E-state index is 13.5. The van der Waals surface area contributed by atoms with E-state index in [1.54, 1.807) is 17.0 Å². The first-order chi connectivity index (χ1) is 14.7. The van der Waals surface area contributed by atoms with Crippen molar-refractivity contribution >= 4 is 34.3 Å². The number of hydrogen-bond acceptors (Lipinski definition) is 6. The minimum Gasteiger partial charge on any atom is -0.399 e. The molecule has 2 saturated heterocycles. The van der Waals surface area contributed by atoms with Crippen LogP contribution in [0.5, 0.6) is 0 Å². The molecule has 0 saturated carbocycles. The van der Waals surface area contributed by atoms with Gasteiger partial charge in [-0.3, -0.25) is 9.78 Å². The van der Waals surface area contributed by atoms with E-state index in [9.17, 15) is 9.90 Å². The van der Waals surface area contributed by atoms with E-state index in [0.29, 0.717) is 18.4 Å². The third-order valence-corrected chi connectivity index (χ3v) is 6.99. The van der Waals surface area contributed by atoms with Crippen molar-refractivity contribution < 1.29 is 19.2 Å². The smallest absolute Gasteiger partial charge is 0.399 e. The number of nitrogens with zero attached hydrogens (tertiary/aromatic N) is 2. The second-order valence-corrected chi connectivity index (χ2v) is 9.44. The Kier molecular flexibility index (Phi) is 4.75. The Bertz CT molecular complexity index is 1210. The molecule has 3 aromatic rings. The topological polar surface area (TPSA) is 82.8 Å². The number of benzene rings is 1. The fourth-order valence-corrected chi connectivity index (χ4v) is 4.46. The molecule has 0 unspecified atom stereocenters. The Morgan fingerprint density at radius 1 is 1.13 bits per heavy atom. The first-order valence-electron chi connectivity index (χ1n) is 10.7. The summed E-state index contributed by atoms with van der Waals surface area (Å²) in [6.45, 7) is 8.78. The maximum Gasteiger partial charge on any atom is 0.495 e. The molecule has 0 spiro atoms. The summed E-state index contributed by atoms with van der Waals surface area (Å²) < 4.78 is 19.5. The number of fused-ring (bicyclic) bond motifs is 3. The monoisotopic (exact) mass is 422 g/mol. The van der Waals surface area contributed by atoms with Crippen LogP contribution < -0.4 is 11.0 Å². The molecule has 0 bridgehead atoms. The van der Waals surface area contributed by atoms with Gasteiger partial charge in [-0.05, 0) is 57.8 Å². The van der Waals surface area contributed by atoms with Crippen LogP contribution in [-0.2, 0) is 14.0 Å². The van der Waals surface area contributed by atoms with Crippen molar-refractivity contribution in [2.24, 2.45) is 0 Å². The second kappa shape index (κ2) is 7.13. The van der Waals surface area contributed by atoms with Gasteiger partial charge >= 0.3 is 7.12 Å². The lowest BCUT2D eigenvalue weighted by atomic mass is 9.75. The van der Waals surface area contributed by atoms with E-state index < -0.39 is 24.4 Å². The minimum absolute atomic E-state index is 0.159. The quantitative estimate of drug-likeness (QED) is 0.504. The molecule has 1 aromatic carbocycles. The molecule has 0 aliphatic carbocycles. The number of aliphatic hydroxyl groups excluding tert-OH is 1. The summed E-state index contributed by atoms with van der Waals surface area (Å²) in [5.41, 5.74) is 0.376. The molecule has 0 amide bonds. The number of ether oxygens (including phenoxy) is 1. The van der Waals surface area contributed by atoms with Crippen LogP contribution in [0.1, 0.15) is 40.2 Å². The average Bonchev–Trinajstić information content (AvgIpc) is 2.95. The minimum atomic E-state index is -0.718. The van der Waals surface area contributed by atoms with Crippen molar-refractivity contribution in [3.8, 4) is 0 Å². The summed E-state index contributed by atoms with van der Waals surface area (Å²) in [7, 11) is -0.608. The zero-order valence-corrected chi connectivity index (χ0v) is 18.3. The van der Waals surface area contributed by atoms with Crippen LogP contribution in [0.2, 0.25) is 0 Å². The zero-order valence-electron chi connectivity index (χ0n) is 18.3. The fourth-order valence-electron chi connectivity index (χ4n) is 4.46. The van der Waals surface area contributed by atoms with Gasteiger partial charge in [-0.15, -0.1) is 0 Å². The lowest BCUT2D eigenvalue weighted by Crippen LogP contribution is -2.41. The zero-order chi connectivity index (χ0) is 22.0. The average molecular weight is 422 g/mol. The molecule has 162 valence electrons. The summed E-state index contributed by atoms with van der Waals surface area (Å²) in [4.78, 5) is 18.1. The third kappa shape index (κ3) is 3.21. The molecule has 4 heterocycles. The van der Waals surface area contributed by atoms with Crippen LogP contribution in [0.15, 0.2) is 41.5 Å². The SMILES string of the molecule is CC1(C)OB(c2cc3c(=O)n([C@H]4CCOC[C@@H]4O)ccc3c3ncccc23)OC1(C)C. The van der Waals surface area contributed by atoms with Gasteiger partial charge in [0.2, 0.25) is 0 Å². The van der Waals surface area contributed by atoms with Crippen LogP contribution >= 0.6 is 0 Å². The van der Waals surface area contributed by atoms with Gasteiger partial charge in [0.25, 0.3) is 5.56 Å². The number of hydrogen-bond donors (Lipinski definition) is 1. The Morgan fingerprint density at radius 2 is 1.87 bits per heavy atom. The van der Waals surface area contributed by atoms with E-state index in [-0.39, 0.29) is 18.2 Å². The van der Waals surface area contributed by atoms with Crippen molar-refractivity contribution in [2.75, 3.05) is 13.2 Å². The number of rotatable bonds is 2. The molecule has 31 heavy (non-hydrogen) atoms. The lowest BCUT2D eigenvalue weighted by Gasteiger charge is -2.32. The molecule has 2 aliphatic rings. The van der Waals surface area contributed by atoms with Crippen molar-refractivity contribution in [2.45, 2.75) is 57.5 Å². The van der Waals surface area contributed by atoms with E-state index >= 15 is 0 Å². The highest BCUT2D eigenvalue weighted by atomic mass is 16.7. The Morgan fingerprint density at radius 3 is 2.58 bits per heavy atom. The predicted octanol–water partition coefficient (Wildman–Crippen LogP) is 2.17. The summed E-state index contributed by atoms with van der Waals surface area (Å²) in [6, 6.07) is 7.32. The van der Waals surface area contributed by atoms with Crippen LogP contribution in [0, 0.1) is 0 Å². The molecule has 5 rings (SSSR count). The van der Waals surface area contributed by atoms with Gasteiger partial charge in [-0.25, -0.2) is 0 Å². The van der Waals surface area contributed by atoms with Gasteiger partial charge in [-0.1, -0.05) is 6.07 Å². The summed E-state index contributed by atoms with van der Waals surface area (Å²) in [5, 5.41) is 12.6. The highest BCUT2D eigenvalue weighted by molar-refractivity contribution is 6.65. The molecule has 8 heteroatoms. The van der Waals surface area contributed by atoms with E-state index in [2.05, 4.69) is 4.98 Å². The predicted molar refractivity (Wildman–Crippen MR) is 120 cm³/mol. The van der Waals surface area contributed by atoms with Crippen molar-refractivity contribution in [3.63, 3.8) is 0 Å². The van der Waals surface area contributed by atoms with Crippen LogP contribution in [0.25, 0.3) is 21.7 Å². The molecule has 2 fully saturated rings. The highest BCUT2D eigenvalue weighted by Crippen LogP contribution is 2.37. The van der Waals surface area contributed by atoms with Crippen LogP contribution in [0.4, 0.5) is 0 Å². The van der Waals surface area contributed by atoms with Gasteiger partial charge in [0.1, 0.15) is 0 Å². The van der Waals surface area contributed by atoms with Crippen molar-refractivity contribution in [1.82, 2.24) is 9.55 Å². The maximum absolute atomic E-state index is 13.5. The third-order valence-electron chi connectivity index (χ3n) is 6.99. The largest absolute Gasteiger partial charge is 0.495 e. The standard InChI is InChI=1S/C23H27BN2O5/c1-22(2)23(3,4)31-24(30-22)17-12-16-14(20-15(17)6-5-9-25-20)7-10-26(21(16)28)18-8-11-29-13-19(18)27/h5-7,9-10,12,18-19,27H,8,11,13H2,1-4H3/t18-,19-/m0/s1. The van der Waals surface area contributed by atoms with Crippen molar-refractivity contribution in [3.05, 3.63) is 47.0 Å². The first kappa shape index (κ1) is 20.6. The van der Waals surface area contributed by atoms with Crippen LogP contribution in [0.3, 0.4) is 0 Å². The van der Waals surface area contributed by atoms with Gasteiger partial charge in [0, 0.05) is 35.2 Å². The molecule has 0 radical (unpaired) electrons. The molecule has 7 nitrogen and oxygen atoms in total. The number of aliphatic hydroxyl groups is 1. The van der Waals surface area contributed by atoms with E-state index in [4.69, 9.17) is 14.0 Å².